The van der Waals surface area contributed by atoms with Crippen molar-refractivity contribution >= 4 is 16.7 Å². The molecule has 0 unspecified atom stereocenters. The zero-order chi connectivity index (χ0) is 17.3. The highest BCUT2D eigenvalue weighted by molar-refractivity contribution is 5.81. The number of hydrogen-bond acceptors (Lipinski definition) is 5. The smallest absolute Gasteiger partial charge is 0.129 e. The molecule has 1 N–H and O–H groups in total. The predicted molar refractivity (Wildman–Crippen MR) is 101 cm³/mol. The van der Waals surface area contributed by atoms with Gasteiger partial charge in [-0.25, -0.2) is 9.97 Å². The largest absolute Gasteiger partial charge is 0.379 e. The van der Waals surface area contributed by atoms with Crippen molar-refractivity contribution in [3.63, 3.8) is 0 Å². The fourth-order valence-electron chi connectivity index (χ4n) is 3.82. The molecule has 2 aromatic heterocycles. The molecule has 1 saturated heterocycles. The highest BCUT2D eigenvalue weighted by Gasteiger charge is 2.30. The number of aromatic nitrogens is 3. The number of nitrogens with zero attached hydrogens (tertiary/aromatic N) is 3. The van der Waals surface area contributed by atoms with Crippen LogP contribution < -0.4 is 5.32 Å². The number of para-hydroxylation sites is 1. The van der Waals surface area contributed by atoms with Crippen molar-refractivity contribution in [3.8, 4) is 0 Å². The maximum atomic E-state index is 5.79. The first-order valence-corrected chi connectivity index (χ1v) is 9.35. The van der Waals surface area contributed by atoms with Gasteiger partial charge in [-0.2, -0.15) is 0 Å². The van der Waals surface area contributed by atoms with Gasteiger partial charge in [-0.15, -0.1) is 0 Å². The molecule has 0 spiro atoms. The van der Waals surface area contributed by atoms with Crippen molar-refractivity contribution in [2.45, 2.75) is 31.2 Å². The van der Waals surface area contributed by atoms with E-state index in [-0.39, 0.29) is 6.04 Å². The first kappa shape index (κ1) is 15.7. The Morgan fingerprint density at radius 1 is 1.04 bits per heavy atom. The fourth-order valence-corrected chi connectivity index (χ4v) is 3.82. The lowest BCUT2D eigenvalue weighted by Gasteiger charge is -2.20. The van der Waals surface area contributed by atoms with Gasteiger partial charge in [0, 0.05) is 35.2 Å². The highest BCUT2D eigenvalue weighted by atomic mass is 16.5. The normalized spacial score (nSPS) is 22.6. The quantitative estimate of drug-likeness (QED) is 0.765. The number of nitrogens with one attached hydrogen (secondary N) is 1. The van der Waals surface area contributed by atoms with Gasteiger partial charge < -0.3 is 10.1 Å². The first-order chi connectivity index (χ1) is 12.9. The van der Waals surface area contributed by atoms with Gasteiger partial charge in [-0.05, 0) is 37.0 Å². The molecule has 2 atom stereocenters. The lowest BCUT2D eigenvalue weighted by Crippen LogP contribution is -2.29. The Labute approximate surface area is 152 Å². The predicted octanol–water partition coefficient (Wildman–Crippen LogP) is 3.57. The molecule has 26 heavy (non-hydrogen) atoms. The zero-order valence-electron chi connectivity index (χ0n) is 14.6. The second-order valence-corrected chi connectivity index (χ2v) is 7.34. The molecule has 1 aliphatic carbocycles. The average Bonchev–Trinajstić information content (AvgIpc) is 3.45. The fraction of sp³-hybridized carbons (Fsp3) is 0.381. The number of rotatable bonds is 5. The van der Waals surface area contributed by atoms with E-state index in [1.807, 2.05) is 12.3 Å². The number of hydrogen-bond donors (Lipinski definition) is 1. The zero-order valence-corrected chi connectivity index (χ0v) is 14.6. The van der Waals surface area contributed by atoms with Gasteiger partial charge >= 0.3 is 0 Å². The summed E-state index contributed by atoms with van der Waals surface area (Å²) in [5.41, 5.74) is 3.55. The molecule has 2 aliphatic rings. The van der Waals surface area contributed by atoms with E-state index in [2.05, 4.69) is 50.6 Å². The molecule has 0 bridgehead atoms. The highest BCUT2D eigenvalue weighted by Crippen LogP contribution is 2.39. The van der Waals surface area contributed by atoms with Crippen molar-refractivity contribution in [1.29, 1.82) is 0 Å². The van der Waals surface area contributed by atoms with Gasteiger partial charge in [0.05, 0.1) is 24.8 Å². The van der Waals surface area contributed by atoms with Crippen molar-refractivity contribution < 1.29 is 4.74 Å². The van der Waals surface area contributed by atoms with Crippen LogP contribution in [0.4, 0.5) is 5.82 Å². The molecule has 5 nitrogen and oxygen atoms in total. The Hall–Kier alpha value is -2.53. The summed E-state index contributed by atoms with van der Waals surface area (Å²) < 4.78 is 5.79. The number of ether oxygens (including phenoxy) is 1. The molecule has 3 heterocycles. The second-order valence-electron chi connectivity index (χ2n) is 7.34. The van der Waals surface area contributed by atoms with E-state index in [1.54, 1.807) is 6.33 Å². The summed E-state index contributed by atoms with van der Waals surface area (Å²) in [6.45, 7) is 1.49. The molecule has 3 aromatic rings. The summed E-state index contributed by atoms with van der Waals surface area (Å²) in [6, 6.07) is 12.8. The molecule has 5 heteroatoms. The van der Waals surface area contributed by atoms with Crippen molar-refractivity contribution in [2.75, 3.05) is 18.5 Å². The summed E-state index contributed by atoms with van der Waals surface area (Å²) in [5, 5.41) is 4.83. The lowest BCUT2D eigenvalue weighted by atomic mass is 9.93. The summed E-state index contributed by atoms with van der Waals surface area (Å²) in [4.78, 5) is 13.3. The third-order valence-corrected chi connectivity index (χ3v) is 5.44. The summed E-state index contributed by atoms with van der Waals surface area (Å²) in [5.74, 6) is 1.97. The van der Waals surface area contributed by atoms with Crippen LogP contribution in [-0.4, -0.2) is 34.2 Å². The summed E-state index contributed by atoms with van der Waals surface area (Å²) in [7, 11) is 0. The molecule has 2 fully saturated rings. The van der Waals surface area contributed by atoms with Crippen LogP contribution >= 0.6 is 0 Å². The maximum Gasteiger partial charge on any atom is 0.129 e. The van der Waals surface area contributed by atoms with Crippen LogP contribution in [0.5, 0.6) is 0 Å². The van der Waals surface area contributed by atoms with Crippen molar-refractivity contribution in [3.05, 3.63) is 60.2 Å². The molecular weight excluding hydrogens is 324 g/mol. The van der Waals surface area contributed by atoms with E-state index in [1.165, 1.54) is 23.8 Å². The Kier molecular flexibility index (Phi) is 4.02. The van der Waals surface area contributed by atoms with Crippen LogP contribution in [0.2, 0.25) is 0 Å². The third-order valence-electron chi connectivity index (χ3n) is 5.44. The minimum absolute atomic E-state index is 0.267. The molecule has 1 aromatic carbocycles. The number of pyridine rings is 1. The number of fused-ring (bicyclic) bond motifs is 1. The van der Waals surface area contributed by atoms with E-state index in [0.717, 1.165) is 36.7 Å². The number of benzene rings is 1. The van der Waals surface area contributed by atoms with Crippen LogP contribution in [0.1, 0.15) is 30.0 Å². The molecule has 1 aliphatic heterocycles. The molecule has 0 radical (unpaired) electrons. The van der Waals surface area contributed by atoms with Crippen molar-refractivity contribution in [2.24, 2.45) is 5.92 Å². The van der Waals surface area contributed by atoms with Gasteiger partial charge in [0.2, 0.25) is 0 Å². The summed E-state index contributed by atoms with van der Waals surface area (Å²) >= 11 is 0. The Morgan fingerprint density at radius 2 is 1.96 bits per heavy atom. The second kappa shape index (κ2) is 6.65. The molecule has 5 rings (SSSR count). The monoisotopic (exact) mass is 346 g/mol. The Morgan fingerprint density at radius 3 is 2.88 bits per heavy atom. The summed E-state index contributed by atoms with van der Waals surface area (Å²) in [6.07, 6.45) is 7.06. The van der Waals surface area contributed by atoms with Crippen LogP contribution in [0, 0.1) is 5.92 Å². The van der Waals surface area contributed by atoms with Crippen LogP contribution in [0.25, 0.3) is 10.9 Å². The SMILES string of the molecule is c1ccc2c(C[C@@H]3COC[C@@H]3Nc3cc(C4CC4)ncn3)ccnc2c1. The molecular formula is C21H22N4O. The molecule has 1 saturated carbocycles. The third kappa shape index (κ3) is 3.15. The van der Waals surface area contributed by atoms with Crippen LogP contribution in [0.15, 0.2) is 48.9 Å². The van der Waals surface area contributed by atoms with Crippen LogP contribution in [0.3, 0.4) is 0 Å². The van der Waals surface area contributed by atoms with Crippen LogP contribution in [-0.2, 0) is 11.2 Å². The Balaban J connectivity index is 1.34. The van der Waals surface area contributed by atoms with E-state index in [4.69, 9.17) is 4.74 Å². The lowest BCUT2D eigenvalue weighted by molar-refractivity contribution is 0.185. The topological polar surface area (TPSA) is 59.9 Å². The average molecular weight is 346 g/mol. The molecule has 0 amide bonds. The van der Waals surface area contributed by atoms with Gasteiger partial charge in [0.1, 0.15) is 12.1 Å². The minimum Gasteiger partial charge on any atom is -0.379 e. The standard InChI is InChI=1S/C21H22N4O/c1-2-4-18-17(3-1)15(7-8-22-18)9-16-11-26-12-20(16)25-21-10-19(14-5-6-14)23-13-24-21/h1-4,7-8,10,13-14,16,20H,5-6,9,11-12H2,(H,23,24,25)/t16-,20+/m1/s1. The van der Waals surface area contributed by atoms with Gasteiger partial charge in [0.25, 0.3) is 0 Å². The van der Waals surface area contributed by atoms with E-state index < -0.39 is 0 Å². The number of anilines is 1. The Bertz CT molecular complexity index is 919. The van der Waals surface area contributed by atoms with E-state index in [0.29, 0.717) is 11.8 Å². The maximum absolute atomic E-state index is 5.79. The van der Waals surface area contributed by atoms with Crippen molar-refractivity contribution in [1.82, 2.24) is 15.0 Å². The van der Waals surface area contributed by atoms with E-state index >= 15 is 0 Å². The van der Waals surface area contributed by atoms with E-state index in [9.17, 15) is 0 Å². The van der Waals surface area contributed by atoms with Gasteiger partial charge in [-0.3, -0.25) is 4.98 Å². The van der Waals surface area contributed by atoms with Gasteiger partial charge in [0.15, 0.2) is 0 Å². The first-order valence-electron chi connectivity index (χ1n) is 9.35. The van der Waals surface area contributed by atoms with Gasteiger partial charge in [-0.1, -0.05) is 18.2 Å². The minimum atomic E-state index is 0.267. The molecule has 132 valence electrons.